The van der Waals surface area contributed by atoms with Gasteiger partial charge in [-0.2, -0.15) is 4.98 Å². The van der Waals surface area contributed by atoms with Crippen LogP contribution in [0.1, 0.15) is 16.7 Å². The number of ether oxygens (including phenoxy) is 1. The quantitative estimate of drug-likeness (QED) is 0.497. The van der Waals surface area contributed by atoms with Crippen LogP contribution in [0.5, 0.6) is 0 Å². The normalized spacial score (nSPS) is 28.0. The van der Waals surface area contributed by atoms with Gasteiger partial charge in [-0.15, -0.1) is 0 Å². The molecule has 0 bridgehead atoms. The summed E-state index contributed by atoms with van der Waals surface area (Å²) in [7, 11) is 0. The summed E-state index contributed by atoms with van der Waals surface area (Å²) in [6.45, 7) is -0.415. The van der Waals surface area contributed by atoms with Gasteiger partial charge in [-0.25, -0.2) is 9.97 Å². The Labute approximate surface area is 128 Å². The minimum atomic E-state index is -1.23. The van der Waals surface area contributed by atoms with Gasteiger partial charge in [0.05, 0.1) is 19.1 Å². The van der Waals surface area contributed by atoms with Gasteiger partial charge in [-0.3, -0.25) is 13.8 Å². The molecule has 3 N–H and O–H groups in total. The molecular weight excluding hydrogens is 306 g/mol. The summed E-state index contributed by atoms with van der Waals surface area (Å²) in [4.78, 5) is 23.5. The molecule has 1 aliphatic heterocycles. The molecule has 23 heavy (non-hydrogen) atoms. The Kier molecular flexibility index (Phi) is 3.13. The minimum Gasteiger partial charge on any atom is -0.394 e. The number of aliphatic hydroxyl groups is 3. The number of rotatable bonds is 3. The first-order chi connectivity index (χ1) is 11.1. The highest BCUT2D eigenvalue weighted by Gasteiger charge is 2.43. The lowest BCUT2D eigenvalue weighted by atomic mass is 10.1. The maximum atomic E-state index is 11.0. The Hall–Kier alpha value is -2.40. The van der Waals surface area contributed by atoms with Crippen molar-refractivity contribution >= 4 is 23.2 Å². The van der Waals surface area contributed by atoms with Crippen LogP contribution < -0.4 is 0 Å². The second-order valence-corrected chi connectivity index (χ2v) is 5.30. The highest BCUT2D eigenvalue weighted by Crippen LogP contribution is 2.31. The predicted octanol–water partition coefficient (Wildman–Crippen LogP) is -1.50. The van der Waals surface area contributed by atoms with Crippen molar-refractivity contribution in [2.45, 2.75) is 24.5 Å². The SMILES string of the molecule is O=Cc1cnc2nc3c(cn12)ncn3[C@@H]1O[C@H](CO)[C@@H](O)[C@H]1O. The van der Waals surface area contributed by atoms with E-state index >= 15 is 0 Å². The van der Waals surface area contributed by atoms with Crippen LogP contribution in [0.3, 0.4) is 0 Å². The van der Waals surface area contributed by atoms with Gasteiger partial charge in [-0.05, 0) is 0 Å². The third-order valence-electron chi connectivity index (χ3n) is 3.97. The van der Waals surface area contributed by atoms with E-state index in [1.54, 1.807) is 6.20 Å². The molecule has 1 saturated heterocycles. The summed E-state index contributed by atoms with van der Waals surface area (Å²) < 4.78 is 8.45. The second-order valence-electron chi connectivity index (χ2n) is 5.30. The molecule has 10 nitrogen and oxygen atoms in total. The fraction of sp³-hybridized carbons (Fsp3) is 0.385. The average molecular weight is 319 g/mol. The number of fused-ring (bicyclic) bond motifs is 2. The Bertz CT molecular complexity index is 890. The molecule has 4 rings (SSSR count). The first kappa shape index (κ1) is 14.2. The number of imidazole rings is 2. The van der Waals surface area contributed by atoms with E-state index in [-0.39, 0.29) is 0 Å². The molecule has 1 aliphatic rings. The molecule has 0 aromatic carbocycles. The Morgan fingerprint density at radius 3 is 2.83 bits per heavy atom. The van der Waals surface area contributed by atoms with Crippen LogP contribution in [0.4, 0.5) is 0 Å². The highest BCUT2D eigenvalue weighted by molar-refractivity contribution is 5.77. The maximum absolute atomic E-state index is 11.0. The summed E-state index contributed by atoms with van der Waals surface area (Å²) in [6.07, 6.45) is 0.824. The average Bonchev–Trinajstić information content (AvgIpc) is 3.22. The Morgan fingerprint density at radius 2 is 2.13 bits per heavy atom. The van der Waals surface area contributed by atoms with Gasteiger partial charge < -0.3 is 20.1 Å². The lowest BCUT2D eigenvalue weighted by molar-refractivity contribution is -0.0511. The number of nitrogens with zero attached hydrogens (tertiary/aromatic N) is 5. The van der Waals surface area contributed by atoms with Crippen molar-refractivity contribution in [1.29, 1.82) is 0 Å². The van der Waals surface area contributed by atoms with Crippen LogP contribution in [0.2, 0.25) is 0 Å². The molecule has 4 heterocycles. The summed E-state index contributed by atoms with van der Waals surface area (Å²) in [6, 6.07) is 0. The van der Waals surface area contributed by atoms with E-state index in [0.717, 1.165) is 0 Å². The number of carbonyl (C=O) groups is 1. The fourth-order valence-corrected chi connectivity index (χ4v) is 2.75. The van der Waals surface area contributed by atoms with Crippen LogP contribution >= 0.6 is 0 Å². The van der Waals surface area contributed by atoms with Crippen molar-refractivity contribution in [2.75, 3.05) is 6.61 Å². The van der Waals surface area contributed by atoms with Gasteiger partial charge in [0.15, 0.2) is 18.2 Å². The number of carbonyl (C=O) groups excluding carboxylic acids is 1. The Morgan fingerprint density at radius 1 is 1.30 bits per heavy atom. The highest BCUT2D eigenvalue weighted by atomic mass is 16.6. The van der Waals surface area contributed by atoms with Crippen LogP contribution in [-0.4, -0.2) is 70.4 Å². The summed E-state index contributed by atoms with van der Waals surface area (Å²) >= 11 is 0. The van der Waals surface area contributed by atoms with Crippen LogP contribution in [-0.2, 0) is 4.74 Å². The van der Waals surface area contributed by atoms with E-state index < -0.39 is 31.1 Å². The summed E-state index contributed by atoms with van der Waals surface area (Å²) in [5.41, 5.74) is 1.20. The van der Waals surface area contributed by atoms with Crippen molar-refractivity contribution in [3.8, 4) is 0 Å². The lowest BCUT2D eigenvalue weighted by Gasteiger charge is -2.16. The number of aldehydes is 1. The zero-order valence-corrected chi connectivity index (χ0v) is 11.7. The molecule has 120 valence electrons. The van der Waals surface area contributed by atoms with E-state index in [0.29, 0.717) is 28.9 Å². The third kappa shape index (κ3) is 1.96. The molecule has 4 atom stereocenters. The number of hydrogen-bond acceptors (Lipinski definition) is 8. The molecule has 0 spiro atoms. The van der Waals surface area contributed by atoms with Gasteiger partial charge in [0.25, 0.3) is 0 Å². The van der Waals surface area contributed by atoms with E-state index in [1.807, 2.05) is 0 Å². The van der Waals surface area contributed by atoms with Gasteiger partial charge in [0, 0.05) is 6.20 Å². The first-order valence-electron chi connectivity index (χ1n) is 6.92. The molecule has 1 fully saturated rings. The van der Waals surface area contributed by atoms with Gasteiger partial charge in [-0.1, -0.05) is 0 Å². The topological polar surface area (TPSA) is 135 Å². The van der Waals surface area contributed by atoms with Gasteiger partial charge in [0.2, 0.25) is 5.78 Å². The third-order valence-corrected chi connectivity index (χ3v) is 3.97. The second kappa shape index (κ2) is 5.06. The van der Waals surface area contributed by atoms with Crippen molar-refractivity contribution in [3.05, 3.63) is 24.4 Å². The van der Waals surface area contributed by atoms with Crippen LogP contribution in [0.25, 0.3) is 16.9 Å². The van der Waals surface area contributed by atoms with Crippen molar-refractivity contribution in [3.63, 3.8) is 0 Å². The zero-order valence-electron chi connectivity index (χ0n) is 11.7. The van der Waals surface area contributed by atoms with Gasteiger partial charge in [0.1, 0.15) is 29.5 Å². The maximum Gasteiger partial charge on any atom is 0.236 e. The molecule has 3 aromatic heterocycles. The van der Waals surface area contributed by atoms with E-state index in [4.69, 9.17) is 4.74 Å². The summed E-state index contributed by atoms with van der Waals surface area (Å²) in [5, 5.41) is 29.1. The molecular formula is C13H13N5O5. The molecule has 0 radical (unpaired) electrons. The fourth-order valence-electron chi connectivity index (χ4n) is 2.75. The minimum absolute atomic E-state index is 0.299. The molecule has 0 saturated carbocycles. The molecule has 10 heteroatoms. The lowest BCUT2D eigenvalue weighted by Crippen LogP contribution is -2.33. The van der Waals surface area contributed by atoms with E-state index in [2.05, 4.69) is 15.0 Å². The molecule has 0 amide bonds. The number of aromatic nitrogens is 5. The van der Waals surface area contributed by atoms with Crippen molar-refractivity contribution in [2.24, 2.45) is 0 Å². The largest absolute Gasteiger partial charge is 0.394 e. The zero-order chi connectivity index (χ0) is 16.1. The predicted molar refractivity (Wildman–Crippen MR) is 74.7 cm³/mol. The molecule has 3 aromatic rings. The number of aliphatic hydroxyl groups excluding tert-OH is 3. The van der Waals surface area contributed by atoms with Crippen LogP contribution in [0.15, 0.2) is 18.7 Å². The summed E-state index contributed by atoms with van der Waals surface area (Å²) in [5.74, 6) is 0.299. The van der Waals surface area contributed by atoms with E-state index in [1.165, 1.54) is 21.5 Å². The van der Waals surface area contributed by atoms with Crippen LogP contribution in [0, 0.1) is 0 Å². The van der Waals surface area contributed by atoms with Crippen molar-refractivity contribution in [1.82, 2.24) is 23.9 Å². The Balaban J connectivity index is 1.84. The molecule has 0 aliphatic carbocycles. The van der Waals surface area contributed by atoms with Gasteiger partial charge >= 0.3 is 0 Å². The van der Waals surface area contributed by atoms with Crippen molar-refractivity contribution < 1.29 is 24.9 Å². The monoisotopic (exact) mass is 319 g/mol. The van der Waals surface area contributed by atoms with E-state index in [9.17, 15) is 20.1 Å². The molecule has 0 unspecified atom stereocenters. The number of hydrogen-bond donors (Lipinski definition) is 3. The standard InChI is InChI=1S/C13H13N5O5/c19-3-6-1-14-13-16-11-7(2-17(6)13)15-5-18(11)12-10(22)9(21)8(4-20)23-12/h1-3,5,8-10,12,20-22H,4H2/t8-,9-,10-,12-/m1/s1. The first-order valence-corrected chi connectivity index (χ1v) is 6.92. The smallest absolute Gasteiger partial charge is 0.236 e.